The van der Waals surface area contributed by atoms with E-state index in [-0.39, 0.29) is 23.0 Å². The molecule has 0 unspecified atom stereocenters. The molecule has 1 fully saturated rings. The van der Waals surface area contributed by atoms with Gasteiger partial charge in [0.1, 0.15) is 17.3 Å². The van der Waals surface area contributed by atoms with Crippen LogP contribution in [0.15, 0.2) is 103 Å². The number of carbonyl (C=O) groups is 3. The summed E-state index contributed by atoms with van der Waals surface area (Å²) in [7, 11) is 0. The van der Waals surface area contributed by atoms with Crippen LogP contribution in [0.3, 0.4) is 0 Å². The van der Waals surface area contributed by atoms with E-state index in [1.165, 1.54) is 24.3 Å². The van der Waals surface area contributed by atoms with E-state index in [0.717, 1.165) is 16.8 Å². The lowest BCUT2D eigenvalue weighted by Gasteiger charge is -2.37. The molecule has 4 aromatic carbocycles. The number of hydrogen-bond acceptors (Lipinski definition) is 4. The van der Waals surface area contributed by atoms with Crippen LogP contribution in [-0.2, 0) is 10.2 Å². The lowest BCUT2D eigenvalue weighted by Crippen LogP contribution is -2.51. The summed E-state index contributed by atoms with van der Waals surface area (Å²) < 4.78 is 13.9. The van der Waals surface area contributed by atoms with Crippen LogP contribution < -0.4 is 10.2 Å². The zero-order valence-corrected chi connectivity index (χ0v) is 21.7. The first-order valence-electron chi connectivity index (χ1n) is 13.3. The fraction of sp³-hybridized carbons (Fsp3) is 0.147. The summed E-state index contributed by atoms with van der Waals surface area (Å²) in [6, 6.07) is 25.9. The number of carbonyl (C=O) groups excluding carboxylic acids is 3. The highest BCUT2D eigenvalue weighted by Crippen LogP contribution is 2.58. The highest BCUT2D eigenvalue weighted by molar-refractivity contribution is 6.18. The van der Waals surface area contributed by atoms with Crippen LogP contribution >= 0.6 is 0 Å². The molecule has 1 amide bonds. The number of anilines is 2. The molecule has 0 radical (unpaired) electrons. The van der Waals surface area contributed by atoms with Crippen molar-refractivity contribution in [2.24, 2.45) is 5.92 Å². The average molecular weight is 529 g/mol. The highest BCUT2D eigenvalue weighted by Gasteiger charge is 2.70. The lowest BCUT2D eigenvalue weighted by atomic mass is 9.64. The van der Waals surface area contributed by atoms with Crippen molar-refractivity contribution in [1.29, 1.82) is 0 Å². The standard InChI is InChI=1S/C34H25FN2O3/c1-20-11-17-27-23(19-20)14-18-28-34(25-9-5-6-10-26(25)36-33(34)40)29(31(38)22-12-15-24(35)16-13-22)30(37(27)28)32(39)21-7-3-2-4-8-21/h2-19,28-30H,1H3,(H,36,40)/t28-,29+,30+,34-/m1/s1. The Kier molecular flexibility index (Phi) is 5.36. The second-order valence-electron chi connectivity index (χ2n) is 10.7. The van der Waals surface area contributed by atoms with Crippen molar-refractivity contribution in [3.63, 3.8) is 0 Å². The Bertz CT molecular complexity index is 1730. The third kappa shape index (κ3) is 3.29. The molecule has 3 aliphatic heterocycles. The molecule has 1 N–H and O–H groups in total. The largest absolute Gasteiger partial charge is 0.352 e. The summed E-state index contributed by atoms with van der Waals surface area (Å²) in [5, 5.41) is 3.02. The summed E-state index contributed by atoms with van der Waals surface area (Å²) in [5.74, 6) is -2.51. The Balaban J connectivity index is 1.54. The topological polar surface area (TPSA) is 66.5 Å². The number of rotatable bonds is 4. The van der Waals surface area contributed by atoms with Gasteiger partial charge < -0.3 is 10.2 Å². The van der Waals surface area contributed by atoms with Gasteiger partial charge in [0, 0.05) is 22.5 Å². The van der Waals surface area contributed by atoms with Gasteiger partial charge in [-0.1, -0.05) is 72.3 Å². The number of Topliss-reactive ketones (excluding diaryl/α,β-unsaturated/α-hetero) is 2. The Morgan fingerprint density at radius 2 is 1.55 bits per heavy atom. The SMILES string of the molecule is Cc1ccc2c(c1)C=C[C@H]1N2[C@H](C(=O)c2ccccc2)[C@@H](C(=O)c2ccc(F)cc2)[C@]12C(=O)Nc1ccccc12. The van der Waals surface area contributed by atoms with Crippen LogP contribution in [0.2, 0.25) is 0 Å². The van der Waals surface area contributed by atoms with Crippen molar-refractivity contribution in [2.45, 2.75) is 24.4 Å². The van der Waals surface area contributed by atoms with Crippen molar-refractivity contribution in [3.8, 4) is 0 Å². The van der Waals surface area contributed by atoms with E-state index >= 15 is 0 Å². The van der Waals surface area contributed by atoms with Crippen LogP contribution in [0.1, 0.15) is 37.4 Å². The minimum absolute atomic E-state index is 0.248. The zero-order chi connectivity index (χ0) is 27.6. The molecule has 5 nitrogen and oxygen atoms in total. The number of ketones is 2. The van der Waals surface area contributed by atoms with Crippen LogP contribution in [0.4, 0.5) is 15.8 Å². The van der Waals surface area contributed by atoms with Crippen molar-refractivity contribution in [1.82, 2.24) is 0 Å². The normalized spacial score (nSPS) is 23.9. The maximum absolute atomic E-state index is 14.6. The maximum Gasteiger partial charge on any atom is 0.238 e. The first-order chi connectivity index (χ1) is 19.4. The van der Waals surface area contributed by atoms with Gasteiger partial charge in [-0.05, 0) is 60.5 Å². The van der Waals surface area contributed by atoms with Gasteiger partial charge in [0.05, 0.1) is 12.0 Å². The van der Waals surface area contributed by atoms with Crippen LogP contribution in [0, 0.1) is 18.7 Å². The van der Waals surface area contributed by atoms with Gasteiger partial charge in [0.25, 0.3) is 0 Å². The van der Waals surface area contributed by atoms with E-state index < -0.39 is 29.2 Å². The molecule has 40 heavy (non-hydrogen) atoms. The number of amides is 1. The molecule has 7 rings (SSSR count). The van der Waals surface area contributed by atoms with Gasteiger partial charge in [0.2, 0.25) is 5.91 Å². The van der Waals surface area contributed by atoms with Gasteiger partial charge in [-0.2, -0.15) is 0 Å². The fourth-order valence-corrected chi connectivity index (χ4v) is 6.87. The number of hydrogen-bond donors (Lipinski definition) is 1. The second-order valence-corrected chi connectivity index (χ2v) is 10.7. The number of para-hydroxylation sites is 1. The minimum Gasteiger partial charge on any atom is -0.352 e. The molecule has 4 aromatic rings. The number of nitrogens with one attached hydrogen (secondary N) is 1. The molecule has 0 aliphatic carbocycles. The third-order valence-electron chi connectivity index (χ3n) is 8.53. The van der Waals surface area contributed by atoms with E-state index in [4.69, 9.17) is 0 Å². The molecular formula is C34H25FN2O3. The predicted octanol–water partition coefficient (Wildman–Crippen LogP) is 5.99. The predicted molar refractivity (Wildman–Crippen MR) is 152 cm³/mol. The maximum atomic E-state index is 14.6. The number of nitrogens with zero attached hydrogens (tertiary/aromatic N) is 1. The molecule has 0 saturated carbocycles. The van der Waals surface area contributed by atoms with E-state index in [9.17, 15) is 18.8 Å². The highest BCUT2D eigenvalue weighted by atomic mass is 19.1. The number of aryl methyl sites for hydroxylation is 1. The number of fused-ring (bicyclic) bond motifs is 6. The molecule has 4 atom stereocenters. The molecule has 0 bridgehead atoms. The summed E-state index contributed by atoms with van der Waals surface area (Å²) in [4.78, 5) is 45.4. The molecule has 1 spiro atoms. The first kappa shape index (κ1) is 24.2. The van der Waals surface area contributed by atoms with Gasteiger partial charge >= 0.3 is 0 Å². The summed E-state index contributed by atoms with van der Waals surface area (Å²) >= 11 is 0. The monoisotopic (exact) mass is 528 g/mol. The van der Waals surface area contributed by atoms with Gasteiger partial charge in [-0.3, -0.25) is 14.4 Å². The van der Waals surface area contributed by atoms with Crippen molar-refractivity contribution in [2.75, 3.05) is 10.2 Å². The summed E-state index contributed by atoms with van der Waals surface area (Å²) in [6.45, 7) is 2.00. The number of benzene rings is 4. The molecule has 3 aliphatic rings. The van der Waals surface area contributed by atoms with E-state index in [2.05, 4.69) is 5.32 Å². The summed E-state index contributed by atoms with van der Waals surface area (Å²) in [5.41, 5.74) is 3.38. The Morgan fingerprint density at radius 1 is 0.850 bits per heavy atom. The van der Waals surface area contributed by atoms with Gasteiger partial charge in [-0.25, -0.2) is 4.39 Å². The van der Waals surface area contributed by atoms with Crippen molar-refractivity contribution >= 4 is 34.9 Å². The Hall–Kier alpha value is -4.84. The Morgan fingerprint density at radius 3 is 2.33 bits per heavy atom. The second kappa shape index (κ2) is 8.85. The molecule has 196 valence electrons. The summed E-state index contributed by atoms with van der Waals surface area (Å²) in [6.07, 6.45) is 3.93. The lowest BCUT2D eigenvalue weighted by molar-refractivity contribution is -0.121. The third-order valence-corrected chi connectivity index (χ3v) is 8.53. The molecule has 3 heterocycles. The fourth-order valence-electron chi connectivity index (χ4n) is 6.87. The van der Waals surface area contributed by atoms with E-state index in [0.29, 0.717) is 16.8 Å². The Labute approximate surface area is 231 Å². The van der Waals surface area contributed by atoms with Crippen molar-refractivity contribution in [3.05, 3.63) is 137 Å². The van der Waals surface area contributed by atoms with E-state index in [1.54, 1.807) is 24.3 Å². The molecular weight excluding hydrogens is 503 g/mol. The van der Waals surface area contributed by atoms with Crippen LogP contribution in [0.5, 0.6) is 0 Å². The van der Waals surface area contributed by atoms with Crippen molar-refractivity contribution < 1.29 is 18.8 Å². The average Bonchev–Trinajstić information content (AvgIpc) is 3.45. The smallest absolute Gasteiger partial charge is 0.238 e. The van der Waals surface area contributed by atoms with Gasteiger partial charge in [-0.15, -0.1) is 0 Å². The van der Waals surface area contributed by atoms with Crippen LogP contribution in [-0.4, -0.2) is 29.6 Å². The molecule has 6 heteroatoms. The number of halogens is 1. The zero-order valence-electron chi connectivity index (χ0n) is 21.7. The minimum atomic E-state index is -1.39. The molecule has 1 saturated heterocycles. The van der Waals surface area contributed by atoms with Crippen LogP contribution in [0.25, 0.3) is 6.08 Å². The first-order valence-corrected chi connectivity index (χ1v) is 13.3. The van der Waals surface area contributed by atoms with E-state index in [1.807, 2.05) is 72.5 Å². The molecule has 0 aromatic heterocycles. The quantitative estimate of drug-likeness (QED) is 0.331. The van der Waals surface area contributed by atoms with Gasteiger partial charge in [0.15, 0.2) is 11.6 Å².